The van der Waals surface area contributed by atoms with Gasteiger partial charge in [0.05, 0.1) is 22.2 Å². The van der Waals surface area contributed by atoms with Crippen LogP contribution in [0.25, 0.3) is 0 Å². The Morgan fingerprint density at radius 2 is 2.00 bits per heavy atom. The van der Waals surface area contributed by atoms with E-state index >= 15 is 0 Å². The van der Waals surface area contributed by atoms with Crippen LogP contribution in [0.4, 0.5) is 10.1 Å². The summed E-state index contributed by atoms with van der Waals surface area (Å²) in [5, 5.41) is 0.234. The molecule has 0 heterocycles. The first-order valence-electron chi connectivity index (χ1n) is 5.56. The number of ether oxygens (including phenoxy) is 1. The van der Waals surface area contributed by atoms with Gasteiger partial charge < -0.3 is 10.5 Å². The Balaban J connectivity index is 2.55. The molecule has 0 aliphatic carbocycles. The molecule has 0 bridgehead atoms. The average molecular weight is 359 g/mol. The average Bonchev–Trinajstić information content (AvgIpc) is 2.40. The molecule has 0 saturated heterocycles. The van der Waals surface area contributed by atoms with Gasteiger partial charge in [-0.05, 0) is 40.2 Å². The van der Waals surface area contributed by atoms with Gasteiger partial charge >= 0.3 is 0 Å². The van der Waals surface area contributed by atoms with Gasteiger partial charge in [-0.3, -0.25) is 4.79 Å². The van der Waals surface area contributed by atoms with Crippen molar-refractivity contribution in [3.8, 4) is 5.75 Å². The number of carbonyl (C=O) groups excluding carboxylic acids is 1. The molecule has 0 aliphatic heterocycles. The zero-order chi connectivity index (χ0) is 14.9. The maximum absolute atomic E-state index is 13.5. The molecule has 2 rings (SSSR count). The first-order valence-corrected chi connectivity index (χ1v) is 6.74. The van der Waals surface area contributed by atoms with Crippen molar-refractivity contribution in [2.75, 3.05) is 12.8 Å². The number of hydrogen-bond acceptors (Lipinski definition) is 3. The van der Waals surface area contributed by atoms with Gasteiger partial charge in [0.1, 0.15) is 11.6 Å². The fourth-order valence-corrected chi connectivity index (χ4v) is 2.35. The topological polar surface area (TPSA) is 52.3 Å². The molecule has 0 saturated carbocycles. The Morgan fingerprint density at radius 1 is 1.30 bits per heavy atom. The third-order valence-electron chi connectivity index (χ3n) is 2.72. The largest absolute Gasteiger partial charge is 0.496 e. The molecule has 0 amide bonds. The molecule has 0 aromatic heterocycles. The molecule has 3 nitrogen and oxygen atoms in total. The monoisotopic (exact) mass is 357 g/mol. The highest BCUT2D eigenvalue weighted by molar-refractivity contribution is 9.10. The van der Waals surface area contributed by atoms with E-state index in [0.29, 0.717) is 5.69 Å². The van der Waals surface area contributed by atoms with E-state index < -0.39 is 5.82 Å². The Morgan fingerprint density at radius 3 is 2.60 bits per heavy atom. The molecule has 6 heteroatoms. The number of benzene rings is 2. The second-order valence-corrected chi connectivity index (χ2v) is 5.30. The molecule has 0 atom stereocenters. The predicted molar refractivity (Wildman–Crippen MR) is 79.9 cm³/mol. The second kappa shape index (κ2) is 5.81. The molecule has 2 N–H and O–H groups in total. The summed E-state index contributed by atoms with van der Waals surface area (Å²) in [6, 6.07) is 7.09. The third-order valence-corrected chi connectivity index (χ3v) is 3.65. The maximum Gasteiger partial charge on any atom is 0.198 e. The van der Waals surface area contributed by atoms with Crippen molar-refractivity contribution < 1.29 is 13.9 Å². The Labute approximate surface area is 128 Å². The molecule has 20 heavy (non-hydrogen) atoms. The Bertz CT molecular complexity index is 691. The van der Waals surface area contributed by atoms with Crippen LogP contribution in [0.5, 0.6) is 5.75 Å². The lowest BCUT2D eigenvalue weighted by atomic mass is 10.0. The summed E-state index contributed by atoms with van der Waals surface area (Å²) in [5.74, 6) is -0.738. The minimum absolute atomic E-state index is 0.142. The van der Waals surface area contributed by atoms with Crippen LogP contribution in [-0.2, 0) is 0 Å². The molecule has 104 valence electrons. The number of nitrogens with two attached hydrogens (primary N) is 1. The molecule has 0 unspecified atom stereocenters. The maximum atomic E-state index is 13.5. The number of anilines is 1. The van der Waals surface area contributed by atoms with Crippen molar-refractivity contribution in [3.05, 3.63) is 56.8 Å². The van der Waals surface area contributed by atoms with Crippen LogP contribution in [0.2, 0.25) is 5.02 Å². The first kappa shape index (κ1) is 14.8. The zero-order valence-corrected chi connectivity index (χ0v) is 12.8. The predicted octanol–water partition coefficient (Wildman–Crippen LogP) is 4.06. The van der Waals surface area contributed by atoms with Gasteiger partial charge in [-0.1, -0.05) is 11.6 Å². The lowest BCUT2D eigenvalue weighted by Gasteiger charge is -2.10. The van der Waals surface area contributed by atoms with Crippen molar-refractivity contribution in [2.45, 2.75) is 0 Å². The molecule has 2 aromatic carbocycles. The van der Waals surface area contributed by atoms with E-state index in [1.165, 1.54) is 25.3 Å². The van der Waals surface area contributed by atoms with Crippen LogP contribution in [0.3, 0.4) is 0 Å². The lowest BCUT2D eigenvalue weighted by Crippen LogP contribution is -2.06. The summed E-state index contributed by atoms with van der Waals surface area (Å²) in [5.41, 5.74) is 6.54. The number of rotatable bonds is 3. The molecule has 0 radical (unpaired) electrons. The van der Waals surface area contributed by atoms with Crippen molar-refractivity contribution in [1.82, 2.24) is 0 Å². The highest BCUT2D eigenvalue weighted by Crippen LogP contribution is 2.30. The van der Waals surface area contributed by atoms with E-state index in [1.807, 2.05) is 0 Å². The first-order chi connectivity index (χ1) is 9.43. The number of halogens is 3. The summed E-state index contributed by atoms with van der Waals surface area (Å²) in [7, 11) is 1.37. The lowest BCUT2D eigenvalue weighted by molar-refractivity contribution is 0.103. The summed E-state index contributed by atoms with van der Waals surface area (Å²) >= 11 is 9.06. The molecular formula is C14H10BrClFNO2. The summed E-state index contributed by atoms with van der Waals surface area (Å²) in [6.07, 6.45) is 0. The number of ketones is 1. The van der Waals surface area contributed by atoms with Gasteiger partial charge in [0.2, 0.25) is 0 Å². The molecular weight excluding hydrogens is 349 g/mol. The SMILES string of the molecule is COc1cc(F)c(Br)cc1C(=O)c1ccc(N)cc1Cl. The van der Waals surface area contributed by atoms with Crippen LogP contribution in [0.15, 0.2) is 34.8 Å². The highest BCUT2D eigenvalue weighted by Gasteiger charge is 2.19. The molecule has 0 fully saturated rings. The Hall–Kier alpha value is -1.59. The van der Waals surface area contributed by atoms with E-state index in [-0.39, 0.29) is 32.2 Å². The molecule has 2 aromatic rings. The number of hydrogen-bond donors (Lipinski definition) is 1. The van der Waals surface area contributed by atoms with Crippen LogP contribution in [0.1, 0.15) is 15.9 Å². The normalized spacial score (nSPS) is 10.4. The van der Waals surface area contributed by atoms with Gasteiger partial charge in [-0.15, -0.1) is 0 Å². The Kier molecular flexibility index (Phi) is 4.30. The number of carbonyl (C=O) groups is 1. The number of methoxy groups -OCH3 is 1. The van der Waals surface area contributed by atoms with Crippen LogP contribution in [0, 0.1) is 5.82 Å². The standard InChI is InChI=1S/C14H10BrClFNO2/c1-20-13-6-12(17)10(15)5-9(13)14(19)8-3-2-7(18)4-11(8)16/h2-6H,18H2,1H3. The summed E-state index contributed by atoms with van der Waals surface area (Å²) < 4.78 is 18.7. The third kappa shape index (κ3) is 2.78. The second-order valence-electron chi connectivity index (χ2n) is 4.04. The van der Waals surface area contributed by atoms with Gasteiger partial charge in [0.15, 0.2) is 5.78 Å². The van der Waals surface area contributed by atoms with Crippen molar-refractivity contribution in [3.63, 3.8) is 0 Å². The van der Waals surface area contributed by atoms with E-state index in [0.717, 1.165) is 6.07 Å². The van der Waals surface area contributed by atoms with Crippen molar-refractivity contribution >= 4 is 39.0 Å². The number of nitrogen functional groups attached to an aromatic ring is 1. The minimum atomic E-state index is -0.512. The fraction of sp³-hybridized carbons (Fsp3) is 0.0714. The van der Waals surface area contributed by atoms with Crippen LogP contribution < -0.4 is 10.5 Å². The summed E-state index contributed by atoms with van der Waals surface area (Å²) in [6.45, 7) is 0. The zero-order valence-electron chi connectivity index (χ0n) is 10.4. The van der Waals surface area contributed by atoms with E-state index in [1.54, 1.807) is 6.07 Å². The van der Waals surface area contributed by atoms with Crippen molar-refractivity contribution in [2.24, 2.45) is 0 Å². The fourth-order valence-electron chi connectivity index (χ4n) is 1.74. The van der Waals surface area contributed by atoms with E-state index in [9.17, 15) is 9.18 Å². The highest BCUT2D eigenvalue weighted by atomic mass is 79.9. The van der Waals surface area contributed by atoms with Crippen molar-refractivity contribution in [1.29, 1.82) is 0 Å². The van der Waals surface area contributed by atoms with Gasteiger partial charge in [-0.25, -0.2) is 4.39 Å². The smallest absolute Gasteiger partial charge is 0.198 e. The quantitative estimate of drug-likeness (QED) is 0.665. The van der Waals surface area contributed by atoms with E-state index in [4.69, 9.17) is 22.1 Å². The van der Waals surface area contributed by atoms with Crippen LogP contribution >= 0.6 is 27.5 Å². The van der Waals surface area contributed by atoms with E-state index in [2.05, 4.69) is 15.9 Å². The van der Waals surface area contributed by atoms with Gasteiger partial charge in [-0.2, -0.15) is 0 Å². The van der Waals surface area contributed by atoms with Gasteiger partial charge in [0, 0.05) is 17.3 Å². The summed E-state index contributed by atoms with van der Waals surface area (Å²) in [4.78, 5) is 12.5. The van der Waals surface area contributed by atoms with Crippen LogP contribution in [-0.4, -0.2) is 12.9 Å². The minimum Gasteiger partial charge on any atom is -0.496 e. The van der Waals surface area contributed by atoms with Gasteiger partial charge in [0.25, 0.3) is 0 Å². The molecule has 0 spiro atoms. The molecule has 0 aliphatic rings.